The summed E-state index contributed by atoms with van der Waals surface area (Å²) in [6.45, 7) is 5.97. The molecule has 0 aromatic carbocycles. The minimum atomic E-state index is 0.306. The molecule has 0 bridgehead atoms. The van der Waals surface area contributed by atoms with Crippen LogP contribution in [0.15, 0.2) is 0 Å². The average Bonchev–Trinajstić information content (AvgIpc) is 2.08. The van der Waals surface area contributed by atoms with Gasteiger partial charge in [-0.1, -0.05) is 26.7 Å². The van der Waals surface area contributed by atoms with Gasteiger partial charge in [-0.15, -0.1) is 0 Å². The second-order valence-electron chi connectivity index (χ2n) is 4.82. The number of hydrogen-bond donors (Lipinski definition) is 2. The number of aliphatic hydroxyl groups is 1. The predicted octanol–water partition coefficient (Wildman–Crippen LogP) is 1.93. The van der Waals surface area contributed by atoms with E-state index in [9.17, 15) is 0 Å². The van der Waals surface area contributed by atoms with Crippen LogP contribution >= 0.6 is 0 Å². The summed E-state index contributed by atoms with van der Waals surface area (Å²) in [5, 5.41) is 12.2. The molecule has 0 aromatic heterocycles. The molecule has 0 radical (unpaired) electrons. The van der Waals surface area contributed by atoms with Crippen LogP contribution in [0.3, 0.4) is 0 Å². The first-order valence-electron chi connectivity index (χ1n) is 5.51. The molecule has 2 heteroatoms. The first-order valence-corrected chi connectivity index (χ1v) is 5.51. The van der Waals surface area contributed by atoms with E-state index in [1.54, 1.807) is 0 Å². The lowest BCUT2D eigenvalue weighted by atomic mass is 9.73. The van der Waals surface area contributed by atoms with Crippen LogP contribution in [0.2, 0.25) is 0 Å². The Labute approximate surface area is 81.7 Å². The van der Waals surface area contributed by atoms with E-state index in [-0.39, 0.29) is 0 Å². The Morgan fingerprint density at radius 3 is 2.77 bits per heavy atom. The molecule has 13 heavy (non-hydrogen) atoms. The van der Waals surface area contributed by atoms with Gasteiger partial charge in [-0.3, -0.25) is 0 Å². The van der Waals surface area contributed by atoms with E-state index >= 15 is 0 Å². The SMILES string of the molecule is CC1(C)CCCCC1NCCCO. The van der Waals surface area contributed by atoms with Gasteiger partial charge in [-0.25, -0.2) is 0 Å². The molecule has 1 rings (SSSR count). The van der Waals surface area contributed by atoms with Gasteiger partial charge in [-0.2, -0.15) is 0 Å². The van der Waals surface area contributed by atoms with Crippen molar-refractivity contribution in [2.45, 2.75) is 52.0 Å². The minimum Gasteiger partial charge on any atom is -0.396 e. The zero-order valence-corrected chi connectivity index (χ0v) is 8.97. The molecule has 1 saturated carbocycles. The van der Waals surface area contributed by atoms with Crippen LogP contribution in [0.1, 0.15) is 46.0 Å². The summed E-state index contributed by atoms with van der Waals surface area (Å²) < 4.78 is 0. The lowest BCUT2D eigenvalue weighted by molar-refractivity contribution is 0.164. The molecule has 1 fully saturated rings. The molecule has 1 atom stereocenters. The van der Waals surface area contributed by atoms with Gasteiger partial charge in [0.25, 0.3) is 0 Å². The van der Waals surface area contributed by atoms with Gasteiger partial charge in [0.1, 0.15) is 0 Å². The van der Waals surface area contributed by atoms with E-state index < -0.39 is 0 Å². The van der Waals surface area contributed by atoms with E-state index in [1.165, 1.54) is 25.7 Å². The van der Waals surface area contributed by atoms with Crippen molar-refractivity contribution in [1.29, 1.82) is 0 Å². The Morgan fingerprint density at radius 1 is 1.38 bits per heavy atom. The molecule has 0 aliphatic heterocycles. The molecular formula is C11H23NO. The van der Waals surface area contributed by atoms with Crippen molar-refractivity contribution in [3.63, 3.8) is 0 Å². The maximum Gasteiger partial charge on any atom is 0.0443 e. The van der Waals surface area contributed by atoms with Crippen LogP contribution in [-0.4, -0.2) is 24.3 Å². The van der Waals surface area contributed by atoms with Gasteiger partial charge in [0.05, 0.1) is 0 Å². The van der Waals surface area contributed by atoms with Gasteiger partial charge >= 0.3 is 0 Å². The highest BCUT2D eigenvalue weighted by Crippen LogP contribution is 2.35. The Bertz CT molecular complexity index is 145. The van der Waals surface area contributed by atoms with Crippen molar-refractivity contribution >= 4 is 0 Å². The largest absolute Gasteiger partial charge is 0.396 e. The fraction of sp³-hybridized carbons (Fsp3) is 1.00. The normalized spacial score (nSPS) is 27.5. The number of nitrogens with one attached hydrogen (secondary N) is 1. The van der Waals surface area contributed by atoms with Gasteiger partial charge in [0, 0.05) is 12.6 Å². The molecule has 2 nitrogen and oxygen atoms in total. The summed E-state index contributed by atoms with van der Waals surface area (Å²) in [5.41, 5.74) is 0.452. The predicted molar refractivity (Wildman–Crippen MR) is 55.7 cm³/mol. The molecule has 2 N–H and O–H groups in total. The summed E-state index contributed by atoms with van der Waals surface area (Å²) in [6, 6.07) is 0.660. The second-order valence-corrected chi connectivity index (χ2v) is 4.82. The highest BCUT2D eigenvalue weighted by molar-refractivity contribution is 4.87. The quantitative estimate of drug-likeness (QED) is 0.656. The number of aliphatic hydroxyl groups excluding tert-OH is 1. The van der Waals surface area contributed by atoms with E-state index in [4.69, 9.17) is 5.11 Å². The topological polar surface area (TPSA) is 32.3 Å². The van der Waals surface area contributed by atoms with Crippen molar-refractivity contribution in [1.82, 2.24) is 5.32 Å². The Balaban J connectivity index is 2.29. The summed E-state index contributed by atoms with van der Waals surface area (Å²) in [7, 11) is 0. The van der Waals surface area contributed by atoms with Crippen molar-refractivity contribution in [3.05, 3.63) is 0 Å². The third kappa shape index (κ3) is 3.28. The monoisotopic (exact) mass is 185 g/mol. The summed E-state index contributed by atoms with van der Waals surface area (Å²) in [5.74, 6) is 0. The molecule has 0 amide bonds. The summed E-state index contributed by atoms with van der Waals surface area (Å²) in [6.07, 6.45) is 6.26. The molecule has 0 heterocycles. The lowest BCUT2D eigenvalue weighted by Gasteiger charge is -2.39. The van der Waals surface area contributed by atoms with E-state index in [1.807, 2.05) is 0 Å². The van der Waals surface area contributed by atoms with E-state index in [2.05, 4.69) is 19.2 Å². The van der Waals surface area contributed by atoms with E-state index in [0.29, 0.717) is 18.1 Å². The van der Waals surface area contributed by atoms with E-state index in [0.717, 1.165) is 13.0 Å². The highest BCUT2D eigenvalue weighted by atomic mass is 16.3. The Hall–Kier alpha value is -0.0800. The number of rotatable bonds is 4. The summed E-state index contributed by atoms with van der Waals surface area (Å²) in [4.78, 5) is 0. The second kappa shape index (κ2) is 4.97. The average molecular weight is 185 g/mol. The first kappa shape index (κ1) is 11.0. The molecule has 78 valence electrons. The third-order valence-corrected chi connectivity index (χ3v) is 3.23. The van der Waals surface area contributed by atoms with Crippen LogP contribution in [-0.2, 0) is 0 Å². The highest BCUT2D eigenvalue weighted by Gasteiger charge is 2.31. The van der Waals surface area contributed by atoms with Crippen LogP contribution in [0.5, 0.6) is 0 Å². The molecule has 1 aliphatic carbocycles. The fourth-order valence-corrected chi connectivity index (χ4v) is 2.23. The zero-order chi connectivity index (χ0) is 9.73. The summed E-state index contributed by atoms with van der Waals surface area (Å²) >= 11 is 0. The van der Waals surface area contributed by atoms with Crippen LogP contribution in [0.4, 0.5) is 0 Å². The van der Waals surface area contributed by atoms with Crippen molar-refractivity contribution in [3.8, 4) is 0 Å². The molecule has 1 aliphatic rings. The molecular weight excluding hydrogens is 162 g/mol. The molecule has 0 spiro atoms. The Morgan fingerprint density at radius 2 is 2.15 bits per heavy atom. The maximum atomic E-state index is 8.69. The van der Waals surface area contributed by atoms with Crippen molar-refractivity contribution < 1.29 is 5.11 Å². The van der Waals surface area contributed by atoms with Gasteiger partial charge in [0.2, 0.25) is 0 Å². The van der Waals surface area contributed by atoms with Gasteiger partial charge in [-0.05, 0) is 31.2 Å². The molecule has 0 saturated heterocycles. The molecule has 0 aromatic rings. The lowest BCUT2D eigenvalue weighted by Crippen LogP contribution is -2.44. The molecule has 1 unspecified atom stereocenters. The minimum absolute atomic E-state index is 0.306. The number of hydrogen-bond acceptors (Lipinski definition) is 2. The standard InChI is InChI=1S/C11H23NO/c1-11(2)7-4-3-6-10(11)12-8-5-9-13/h10,12-13H,3-9H2,1-2H3. The third-order valence-electron chi connectivity index (χ3n) is 3.23. The smallest absolute Gasteiger partial charge is 0.0443 e. The van der Waals surface area contributed by atoms with Crippen LogP contribution < -0.4 is 5.32 Å². The van der Waals surface area contributed by atoms with Crippen molar-refractivity contribution in [2.75, 3.05) is 13.2 Å². The van der Waals surface area contributed by atoms with Gasteiger partial charge in [0.15, 0.2) is 0 Å². The first-order chi connectivity index (χ1) is 6.17. The van der Waals surface area contributed by atoms with Crippen LogP contribution in [0, 0.1) is 5.41 Å². The Kier molecular flexibility index (Phi) is 4.20. The van der Waals surface area contributed by atoms with Crippen molar-refractivity contribution in [2.24, 2.45) is 5.41 Å². The van der Waals surface area contributed by atoms with Crippen LogP contribution in [0.25, 0.3) is 0 Å². The maximum absolute atomic E-state index is 8.69. The fourth-order valence-electron chi connectivity index (χ4n) is 2.23. The zero-order valence-electron chi connectivity index (χ0n) is 8.97. The van der Waals surface area contributed by atoms with Gasteiger partial charge < -0.3 is 10.4 Å².